The van der Waals surface area contributed by atoms with E-state index in [1.807, 2.05) is 31.9 Å². The standard InChI is InChI=1S/C17H29FN4O.HI/c1-17(2,23-5)13-21-16(19-3)20-11-8-12-22(4)15-10-7-6-9-14(15)18;/h6-7,9-10H,8,11-13H2,1-5H3,(H2,19,20,21);1H. The van der Waals surface area contributed by atoms with E-state index in [1.54, 1.807) is 26.3 Å². The summed E-state index contributed by atoms with van der Waals surface area (Å²) >= 11 is 0. The molecule has 2 N–H and O–H groups in total. The highest BCUT2D eigenvalue weighted by atomic mass is 127. The van der Waals surface area contributed by atoms with Crippen LogP contribution in [0.25, 0.3) is 0 Å². The normalized spacial score (nSPS) is 11.7. The van der Waals surface area contributed by atoms with Crippen molar-refractivity contribution >= 4 is 35.6 Å². The molecule has 0 saturated heterocycles. The Labute approximate surface area is 162 Å². The SMILES string of the molecule is CN=C(NCCCN(C)c1ccccc1F)NCC(C)(C)OC.I. The van der Waals surface area contributed by atoms with Gasteiger partial charge in [0.2, 0.25) is 0 Å². The number of benzene rings is 1. The maximum atomic E-state index is 13.7. The molecule has 0 fully saturated rings. The van der Waals surface area contributed by atoms with Crippen molar-refractivity contribution in [1.82, 2.24) is 10.6 Å². The molecule has 24 heavy (non-hydrogen) atoms. The van der Waals surface area contributed by atoms with Gasteiger partial charge in [0.1, 0.15) is 5.82 Å². The predicted octanol–water partition coefficient (Wildman–Crippen LogP) is 2.86. The highest BCUT2D eigenvalue weighted by molar-refractivity contribution is 14.0. The molecule has 0 unspecified atom stereocenters. The van der Waals surface area contributed by atoms with E-state index in [9.17, 15) is 4.39 Å². The molecule has 0 amide bonds. The van der Waals surface area contributed by atoms with Crippen molar-refractivity contribution in [1.29, 1.82) is 0 Å². The zero-order valence-corrected chi connectivity index (χ0v) is 17.6. The molecule has 1 aromatic rings. The second-order valence-electron chi connectivity index (χ2n) is 6.04. The zero-order valence-electron chi connectivity index (χ0n) is 15.2. The summed E-state index contributed by atoms with van der Waals surface area (Å²) in [6, 6.07) is 6.81. The van der Waals surface area contributed by atoms with Gasteiger partial charge in [0, 0.05) is 40.8 Å². The summed E-state index contributed by atoms with van der Waals surface area (Å²) in [6.45, 7) is 6.20. The monoisotopic (exact) mass is 452 g/mol. The van der Waals surface area contributed by atoms with Crippen molar-refractivity contribution in [2.45, 2.75) is 25.9 Å². The number of guanidine groups is 1. The Kier molecular flexibility index (Phi) is 10.9. The fourth-order valence-corrected chi connectivity index (χ4v) is 1.99. The summed E-state index contributed by atoms with van der Waals surface area (Å²) in [5, 5.41) is 6.48. The van der Waals surface area contributed by atoms with Crippen LogP contribution in [-0.4, -0.2) is 52.4 Å². The molecule has 1 rings (SSSR count). The molecule has 0 heterocycles. The van der Waals surface area contributed by atoms with Crippen LogP contribution in [0.4, 0.5) is 10.1 Å². The molecule has 0 aliphatic carbocycles. The van der Waals surface area contributed by atoms with Gasteiger partial charge in [-0.3, -0.25) is 4.99 Å². The van der Waals surface area contributed by atoms with Crippen molar-refractivity contribution in [3.05, 3.63) is 30.1 Å². The molecule has 0 bridgehead atoms. The number of hydrogen-bond donors (Lipinski definition) is 2. The molecule has 0 aliphatic rings. The molecule has 0 radical (unpaired) electrons. The third-order valence-electron chi connectivity index (χ3n) is 3.68. The van der Waals surface area contributed by atoms with E-state index in [-0.39, 0.29) is 35.4 Å². The number of anilines is 1. The Morgan fingerprint density at radius 3 is 2.54 bits per heavy atom. The predicted molar refractivity (Wildman–Crippen MR) is 110 cm³/mol. The highest BCUT2D eigenvalue weighted by Crippen LogP contribution is 2.16. The van der Waals surface area contributed by atoms with Gasteiger partial charge in [-0.2, -0.15) is 0 Å². The molecule has 0 atom stereocenters. The van der Waals surface area contributed by atoms with Crippen LogP contribution < -0.4 is 15.5 Å². The number of para-hydroxylation sites is 1. The number of rotatable bonds is 8. The first-order valence-electron chi connectivity index (χ1n) is 7.85. The van der Waals surface area contributed by atoms with E-state index in [0.29, 0.717) is 12.2 Å². The zero-order chi connectivity index (χ0) is 17.3. The van der Waals surface area contributed by atoms with Gasteiger partial charge < -0.3 is 20.3 Å². The summed E-state index contributed by atoms with van der Waals surface area (Å²) in [4.78, 5) is 6.10. The average Bonchev–Trinajstić information content (AvgIpc) is 2.54. The van der Waals surface area contributed by atoms with Gasteiger partial charge >= 0.3 is 0 Å². The third-order valence-corrected chi connectivity index (χ3v) is 3.68. The van der Waals surface area contributed by atoms with E-state index in [0.717, 1.165) is 25.5 Å². The van der Waals surface area contributed by atoms with E-state index in [2.05, 4.69) is 15.6 Å². The van der Waals surface area contributed by atoms with E-state index in [1.165, 1.54) is 6.07 Å². The lowest BCUT2D eigenvalue weighted by Gasteiger charge is -2.24. The van der Waals surface area contributed by atoms with E-state index in [4.69, 9.17) is 4.74 Å². The first-order chi connectivity index (χ1) is 10.9. The van der Waals surface area contributed by atoms with Crippen LogP contribution >= 0.6 is 24.0 Å². The number of halogens is 2. The quantitative estimate of drug-likeness (QED) is 0.276. The van der Waals surface area contributed by atoms with Crippen molar-refractivity contribution in [2.75, 3.05) is 45.7 Å². The molecule has 0 aromatic heterocycles. The molecule has 7 heteroatoms. The van der Waals surface area contributed by atoms with Crippen LogP contribution in [-0.2, 0) is 4.74 Å². The van der Waals surface area contributed by atoms with E-state index < -0.39 is 0 Å². The molecular weight excluding hydrogens is 422 g/mol. The third kappa shape index (κ3) is 8.14. The molecule has 5 nitrogen and oxygen atoms in total. The van der Waals surface area contributed by atoms with Crippen LogP contribution in [0.15, 0.2) is 29.3 Å². The van der Waals surface area contributed by atoms with Gasteiger partial charge in [-0.25, -0.2) is 4.39 Å². The van der Waals surface area contributed by atoms with Gasteiger partial charge in [-0.05, 0) is 32.4 Å². The van der Waals surface area contributed by atoms with Crippen LogP contribution in [0.1, 0.15) is 20.3 Å². The number of hydrogen-bond acceptors (Lipinski definition) is 3. The van der Waals surface area contributed by atoms with Crippen molar-refractivity contribution in [3.63, 3.8) is 0 Å². The van der Waals surface area contributed by atoms with Gasteiger partial charge in [0.15, 0.2) is 5.96 Å². The largest absolute Gasteiger partial charge is 0.377 e. The molecule has 1 aromatic carbocycles. The van der Waals surface area contributed by atoms with Gasteiger partial charge in [-0.1, -0.05) is 12.1 Å². The molecule has 0 spiro atoms. The second kappa shape index (κ2) is 11.5. The Balaban J connectivity index is 0.00000529. The first-order valence-corrected chi connectivity index (χ1v) is 7.85. The summed E-state index contributed by atoms with van der Waals surface area (Å²) in [7, 11) is 5.32. The van der Waals surface area contributed by atoms with Gasteiger partial charge in [-0.15, -0.1) is 24.0 Å². The number of nitrogens with zero attached hydrogens (tertiary/aromatic N) is 2. The Morgan fingerprint density at radius 1 is 1.29 bits per heavy atom. The van der Waals surface area contributed by atoms with Crippen LogP contribution in [0, 0.1) is 5.82 Å². The van der Waals surface area contributed by atoms with Gasteiger partial charge in [0.05, 0.1) is 11.3 Å². The minimum Gasteiger partial charge on any atom is -0.377 e. The summed E-state index contributed by atoms with van der Waals surface area (Å²) in [6.07, 6.45) is 0.874. The fraction of sp³-hybridized carbons (Fsp3) is 0.588. The topological polar surface area (TPSA) is 48.9 Å². The van der Waals surface area contributed by atoms with Crippen molar-refractivity contribution in [2.24, 2.45) is 4.99 Å². The van der Waals surface area contributed by atoms with Crippen molar-refractivity contribution in [3.8, 4) is 0 Å². The lowest BCUT2D eigenvalue weighted by atomic mass is 10.1. The lowest BCUT2D eigenvalue weighted by Crippen LogP contribution is -2.45. The number of aliphatic imine (C=N–C) groups is 1. The van der Waals surface area contributed by atoms with Crippen LogP contribution in [0.5, 0.6) is 0 Å². The van der Waals surface area contributed by atoms with Gasteiger partial charge in [0.25, 0.3) is 0 Å². The Bertz CT molecular complexity index is 511. The maximum absolute atomic E-state index is 13.7. The molecule has 0 aliphatic heterocycles. The molecule has 0 saturated carbocycles. The van der Waals surface area contributed by atoms with Crippen LogP contribution in [0.2, 0.25) is 0 Å². The second-order valence-corrected chi connectivity index (χ2v) is 6.04. The maximum Gasteiger partial charge on any atom is 0.191 e. The molecule has 138 valence electrons. The van der Waals surface area contributed by atoms with E-state index >= 15 is 0 Å². The summed E-state index contributed by atoms with van der Waals surface area (Å²) < 4.78 is 19.0. The summed E-state index contributed by atoms with van der Waals surface area (Å²) in [5.74, 6) is 0.547. The Hall–Kier alpha value is -1.09. The molecular formula is C17H30FIN4O. The Morgan fingerprint density at radius 2 is 1.96 bits per heavy atom. The average molecular weight is 452 g/mol. The summed E-state index contributed by atoms with van der Waals surface area (Å²) in [5.41, 5.74) is 0.375. The smallest absolute Gasteiger partial charge is 0.191 e. The highest BCUT2D eigenvalue weighted by Gasteiger charge is 2.16. The van der Waals surface area contributed by atoms with Crippen LogP contribution in [0.3, 0.4) is 0 Å². The van der Waals surface area contributed by atoms with Crippen molar-refractivity contribution < 1.29 is 9.13 Å². The minimum atomic E-state index is -0.247. The fourth-order valence-electron chi connectivity index (χ4n) is 1.99. The lowest BCUT2D eigenvalue weighted by molar-refractivity contribution is 0.0268. The first kappa shape index (κ1) is 22.9. The number of methoxy groups -OCH3 is 1. The number of nitrogens with one attached hydrogen (secondary N) is 2. The number of ether oxygens (including phenoxy) is 1. The minimum absolute atomic E-state index is 0.